The Labute approximate surface area is 153 Å². The van der Waals surface area contributed by atoms with E-state index in [-0.39, 0.29) is 24.0 Å². The van der Waals surface area contributed by atoms with E-state index in [1.807, 2.05) is 18.0 Å². The molecule has 2 aromatic rings. The van der Waals surface area contributed by atoms with Gasteiger partial charge in [-0.15, -0.1) is 35.3 Å². The Morgan fingerprint density at radius 2 is 2.29 bits per heavy atom. The highest BCUT2D eigenvalue weighted by molar-refractivity contribution is 14.0. The third-order valence-corrected chi connectivity index (χ3v) is 4.18. The molecule has 2 rings (SSSR count). The van der Waals surface area contributed by atoms with Crippen LogP contribution in [0.4, 0.5) is 0 Å². The van der Waals surface area contributed by atoms with Crippen LogP contribution >= 0.6 is 51.2 Å². The van der Waals surface area contributed by atoms with E-state index >= 15 is 0 Å². The van der Waals surface area contributed by atoms with Crippen molar-refractivity contribution < 1.29 is 4.52 Å². The Hall–Kier alpha value is -0.680. The minimum atomic E-state index is 0. The van der Waals surface area contributed by atoms with Gasteiger partial charge in [-0.25, -0.2) is 0 Å². The van der Waals surface area contributed by atoms with Gasteiger partial charge in [0.15, 0.2) is 11.8 Å². The average molecular weight is 486 g/mol. The smallest absolute Gasteiger partial charge is 0.223 e. The predicted octanol–water partition coefficient (Wildman–Crippen LogP) is 3.03. The summed E-state index contributed by atoms with van der Waals surface area (Å²) in [7, 11) is 3.75. The van der Waals surface area contributed by atoms with Crippen LogP contribution in [-0.4, -0.2) is 35.1 Å². The van der Waals surface area contributed by atoms with Gasteiger partial charge in [-0.2, -0.15) is 4.98 Å². The second kappa shape index (κ2) is 8.69. The highest BCUT2D eigenvalue weighted by Crippen LogP contribution is 2.22. The molecule has 0 atom stereocenters. The fourth-order valence-corrected chi connectivity index (χ4v) is 3.24. The summed E-state index contributed by atoms with van der Waals surface area (Å²) < 4.78 is 6.06. The summed E-state index contributed by atoms with van der Waals surface area (Å²) in [6, 6.07) is 4.15. The van der Waals surface area contributed by atoms with Crippen LogP contribution in [0.3, 0.4) is 0 Å². The molecule has 9 heteroatoms. The molecule has 2 aromatic heterocycles. The lowest BCUT2D eigenvalue weighted by Gasteiger charge is -2.20. The minimum absolute atomic E-state index is 0. The zero-order valence-corrected chi connectivity index (χ0v) is 16.7. The number of thiophene rings is 1. The van der Waals surface area contributed by atoms with Gasteiger partial charge < -0.3 is 14.7 Å². The second-order valence-electron chi connectivity index (χ2n) is 4.19. The zero-order valence-electron chi connectivity index (χ0n) is 12.0. The van der Waals surface area contributed by atoms with E-state index in [0.717, 1.165) is 16.3 Å². The first-order valence-corrected chi connectivity index (χ1v) is 7.64. The Morgan fingerprint density at radius 1 is 1.52 bits per heavy atom. The molecule has 21 heavy (non-hydrogen) atoms. The lowest BCUT2D eigenvalue weighted by Crippen LogP contribution is -2.38. The van der Waals surface area contributed by atoms with Crippen molar-refractivity contribution in [1.82, 2.24) is 20.4 Å². The van der Waals surface area contributed by atoms with E-state index in [9.17, 15) is 0 Å². The average Bonchev–Trinajstić information content (AvgIpc) is 2.99. The normalized spacial score (nSPS) is 11.1. The lowest BCUT2D eigenvalue weighted by atomic mass is 10.4. The van der Waals surface area contributed by atoms with Crippen molar-refractivity contribution in [3.63, 3.8) is 0 Å². The molecule has 0 aliphatic carbocycles. The van der Waals surface area contributed by atoms with Gasteiger partial charge in [0.25, 0.3) is 0 Å². The van der Waals surface area contributed by atoms with E-state index in [4.69, 9.17) is 4.52 Å². The van der Waals surface area contributed by atoms with Crippen molar-refractivity contribution in [3.05, 3.63) is 32.5 Å². The number of aromatic nitrogens is 2. The number of nitrogens with one attached hydrogen (secondary N) is 1. The van der Waals surface area contributed by atoms with E-state index < -0.39 is 0 Å². The molecular formula is C12H17BrIN5OS. The largest absolute Gasteiger partial charge is 0.349 e. The molecule has 0 saturated carbocycles. The molecule has 0 aliphatic heterocycles. The summed E-state index contributed by atoms with van der Waals surface area (Å²) in [4.78, 5) is 11.7. The highest BCUT2D eigenvalue weighted by atomic mass is 127. The summed E-state index contributed by atoms with van der Waals surface area (Å²) >= 11 is 5.18. The summed E-state index contributed by atoms with van der Waals surface area (Å²) in [6.07, 6.45) is 0. The maximum Gasteiger partial charge on any atom is 0.223 e. The molecule has 0 amide bonds. The van der Waals surface area contributed by atoms with E-state index in [1.165, 1.54) is 4.88 Å². The van der Waals surface area contributed by atoms with E-state index in [2.05, 4.69) is 42.4 Å². The maximum atomic E-state index is 4.93. The van der Waals surface area contributed by atoms with Crippen LogP contribution in [0.1, 0.15) is 16.6 Å². The summed E-state index contributed by atoms with van der Waals surface area (Å²) in [5, 5.41) is 7.05. The molecule has 0 saturated heterocycles. The molecule has 0 aromatic carbocycles. The quantitative estimate of drug-likeness (QED) is 0.409. The molecule has 0 radical (unpaired) electrons. The summed E-state index contributed by atoms with van der Waals surface area (Å²) in [5.41, 5.74) is 0. The number of aliphatic imine (C=N–C) groups is 1. The van der Waals surface area contributed by atoms with Gasteiger partial charge in [0.1, 0.15) is 0 Å². The van der Waals surface area contributed by atoms with Gasteiger partial charge in [-0.05, 0) is 28.1 Å². The van der Waals surface area contributed by atoms with E-state index in [0.29, 0.717) is 18.3 Å². The highest BCUT2D eigenvalue weighted by Gasteiger charge is 2.09. The summed E-state index contributed by atoms with van der Waals surface area (Å²) in [5.74, 6) is 1.97. The second-order valence-corrected chi connectivity index (χ2v) is 6.74. The fraction of sp³-hybridized carbons (Fsp3) is 0.417. The van der Waals surface area contributed by atoms with Gasteiger partial charge >= 0.3 is 0 Å². The minimum Gasteiger partial charge on any atom is -0.349 e. The van der Waals surface area contributed by atoms with E-state index in [1.54, 1.807) is 25.3 Å². The molecule has 116 valence electrons. The van der Waals surface area contributed by atoms with Crippen molar-refractivity contribution in [2.75, 3.05) is 14.1 Å². The maximum absolute atomic E-state index is 4.93. The Balaban J connectivity index is 0.00000220. The van der Waals surface area contributed by atoms with Crippen LogP contribution < -0.4 is 5.32 Å². The third kappa shape index (κ3) is 5.55. The first-order chi connectivity index (χ1) is 9.58. The summed E-state index contributed by atoms with van der Waals surface area (Å²) in [6.45, 7) is 3.05. The monoisotopic (exact) mass is 485 g/mol. The Kier molecular flexibility index (Phi) is 7.60. The molecule has 2 heterocycles. The lowest BCUT2D eigenvalue weighted by molar-refractivity contribution is 0.386. The topological polar surface area (TPSA) is 66.5 Å². The van der Waals surface area contributed by atoms with Crippen molar-refractivity contribution in [2.24, 2.45) is 4.99 Å². The predicted molar refractivity (Wildman–Crippen MR) is 98.1 cm³/mol. The van der Waals surface area contributed by atoms with Crippen LogP contribution in [0.25, 0.3) is 0 Å². The molecule has 0 aliphatic rings. The first-order valence-electron chi connectivity index (χ1n) is 6.03. The Morgan fingerprint density at radius 3 is 2.81 bits per heavy atom. The number of halogens is 2. The number of hydrogen-bond acceptors (Lipinski definition) is 5. The van der Waals surface area contributed by atoms with Crippen LogP contribution in [0.5, 0.6) is 0 Å². The standard InChI is InChI=1S/C12H16BrN5OS.HI/c1-8-16-11(17-19-8)6-15-12(14-2)18(3)7-9-4-5-10(13)20-9;/h4-5H,6-7H2,1-3H3,(H,14,15);1H. The van der Waals surface area contributed by atoms with Crippen molar-refractivity contribution >= 4 is 57.2 Å². The van der Waals surface area contributed by atoms with Crippen LogP contribution in [0, 0.1) is 6.92 Å². The number of guanidine groups is 1. The molecule has 0 fully saturated rings. The SMILES string of the molecule is CN=C(NCc1noc(C)n1)N(C)Cc1ccc(Br)s1.I. The number of hydrogen-bond donors (Lipinski definition) is 1. The molecule has 6 nitrogen and oxygen atoms in total. The van der Waals surface area contributed by atoms with Gasteiger partial charge in [0.05, 0.1) is 16.9 Å². The van der Waals surface area contributed by atoms with Gasteiger partial charge in [-0.3, -0.25) is 4.99 Å². The molecule has 1 N–H and O–H groups in total. The molecular weight excluding hydrogens is 469 g/mol. The third-order valence-electron chi connectivity index (χ3n) is 2.57. The molecule has 0 unspecified atom stereocenters. The molecule has 0 bridgehead atoms. The van der Waals surface area contributed by atoms with Gasteiger partial charge in [0, 0.05) is 25.9 Å². The zero-order chi connectivity index (χ0) is 14.5. The van der Waals surface area contributed by atoms with Crippen molar-refractivity contribution in [2.45, 2.75) is 20.0 Å². The van der Waals surface area contributed by atoms with Gasteiger partial charge in [-0.1, -0.05) is 5.16 Å². The number of rotatable bonds is 4. The van der Waals surface area contributed by atoms with Crippen LogP contribution in [0.15, 0.2) is 25.4 Å². The number of nitrogens with zero attached hydrogens (tertiary/aromatic N) is 4. The first kappa shape index (κ1) is 18.4. The van der Waals surface area contributed by atoms with Crippen LogP contribution in [-0.2, 0) is 13.1 Å². The molecule has 0 spiro atoms. The van der Waals surface area contributed by atoms with Crippen LogP contribution in [0.2, 0.25) is 0 Å². The van der Waals surface area contributed by atoms with Crippen molar-refractivity contribution in [3.8, 4) is 0 Å². The van der Waals surface area contributed by atoms with Gasteiger partial charge in [0.2, 0.25) is 5.89 Å². The Bertz CT molecular complexity index is 600. The van der Waals surface area contributed by atoms with Crippen molar-refractivity contribution in [1.29, 1.82) is 0 Å². The number of aryl methyl sites for hydroxylation is 1. The fourth-order valence-electron chi connectivity index (χ4n) is 1.70.